The predicted molar refractivity (Wildman–Crippen MR) is 70.0 cm³/mol. The summed E-state index contributed by atoms with van der Waals surface area (Å²) in [6.45, 7) is 4.13. The molecule has 3 heteroatoms. The fraction of sp³-hybridized carbons (Fsp3) is 0.400. The smallest absolute Gasteiger partial charge is 0.341 e. The number of benzene rings is 1. The Morgan fingerprint density at radius 3 is 2.72 bits per heavy atom. The largest absolute Gasteiger partial charge is 0.464 e. The number of rotatable bonds is 5. The molecule has 0 saturated carbocycles. The molecule has 96 valence electrons. The fourth-order valence-electron chi connectivity index (χ4n) is 2.00. The van der Waals surface area contributed by atoms with Gasteiger partial charge < -0.3 is 9.47 Å². The van der Waals surface area contributed by atoms with Gasteiger partial charge in [0.2, 0.25) is 0 Å². The van der Waals surface area contributed by atoms with E-state index in [0.717, 1.165) is 5.56 Å². The zero-order chi connectivity index (χ0) is 13.0. The Morgan fingerprint density at radius 2 is 2.11 bits per heavy atom. The summed E-state index contributed by atoms with van der Waals surface area (Å²) in [5.74, 6) is -0.254. The molecule has 1 aromatic rings. The summed E-state index contributed by atoms with van der Waals surface area (Å²) in [4.78, 5) is 11.8. The first kappa shape index (κ1) is 12.8. The van der Waals surface area contributed by atoms with E-state index in [1.807, 2.05) is 49.4 Å². The van der Waals surface area contributed by atoms with Gasteiger partial charge in [-0.15, -0.1) is 0 Å². The molecule has 2 atom stereocenters. The monoisotopic (exact) mass is 246 g/mol. The number of carbonyl (C=O) groups excluding carboxylic acids is 1. The van der Waals surface area contributed by atoms with Gasteiger partial charge in [0.1, 0.15) is 6.10 Å². The van der Waals surface area contributed by atoms with Crippen LogP contribution in [-0.2, 0) is 14.3 Å². The van der Waals surface area contributed by atoms with Gasteiger partial charge in [0.15, 0.2) is 5.60 Å². The van der Waals surface area contributed by atoms with Gasteiger partial charge in [0.25, 0.3) is 0 Å². The fourth-order valence-corrected chi connectivity index (χ4v) is 2.00. The minimum atomic E-state index is -0.749. The van der Waals surface area contributed by atoms with E-state index in [-0.39, 0.29) is 12.1 Å². The molecular weight excluding hydrogens is 228 g/mol. The first-order valence-electron chi connectivity index (χ1n) is 6.31. The summed E-state index contributed by atoms with van der Waals surface area (Å²) >= 11 is 0. The standard InChI is InChI=1S/C15H18O3/c1-3-15(14(16)17-4-2)13(18-15)11-10-12-8-6-5-7-9-12/h5-11,13H,3-4H2,1-2H3. The molecule has 0 amide bonds. The molecule has 0 bridgehead atoms. The first-order chi connectivity index (χ1) is 8.73. The second-order valence-corrected chi connectivity index (χ2v) is 4.27. The number of ether oxygens (including phenoxy) is 2. The van der Waals surface area contributed by atoms with Crippen LogP contribution in [0.1, 0.15) is 25.8 Å². The molecule has 0 N–H and O–H groups in total. The molecule has 1 saturated heterocycles. The maximum Gasteiger partial charge on any atom is 0.341 e. The van der Waals surface area contributed by atoms with E-state index in [4.69, 9.17) is 9.47 Å². The van der Waals surface area contributed by atoms with Crippen LogP contribution in [0.15, 0.2) is 36.4 Å². The summed E-state index contributed by atoms with van der Waals surface area (Å²) < 4.78 is 10.6. The van der Waals surface area contributed by atoms with E-state index in [9.17, 15) is 4.79 Å². The zero-order valence-electron chi connectivity index (χ0n) is 10.8. The number of hydrogen-bond acceptors (Lipinski definition) is 3. The second kappa shape index (κ2) is 5.36. The van der Waals surface area contributed by atoms with Crippen LogP contribution in [0.3, 0.4) is 0 Å². The van der Waals surface area contributed by atoms with Crippen molar-refractivity contribution in [3.8, 4) is 0 Å². The van der Waals surface area contributed by atoms with Gasteiger partial charge in [-0.2, -0.15) is 0 Å². The van der Waals surface area contributed by atoms with E-state index in [2.05, 4.69) is 0 Å². The third-order valence-electron chi connectivity index (χ3n) is 3.15. The predicted octanol–water partition coefficient (Wildman–Crippen LogP) is 2.81. The maximum atomic E-state index is 11.8. The minimum Gasteiger partial charge on any atom is -0.464 e. The van der Waals surface area contributed by atoms with Crippen molar-refractivity contribution in [2.45, 2.75) is 32.0 Å². The Bertz CT molecular complexity index is 438. The normalized spacial score (nSPS) is 26.2. The number of esters is 1. The van der Waals surface area contributed by atoms with Crippen molar-refractivity contribution in [1.29, 1.82) is 0 Å². The van der Waals surface area contributed by atoms with Gasteiger partial charge in [-0.1, -0.05) is 49.4 Å². The van der Waals surface area contributed by atoms with Gasteiger partial charge in [-0.25, -0.2) is 4.79 Å². The minimum absolute atomic E-state index is 0.165. The van der Waals surface area contributed by atoms with Crippen LogP contribution in [0.5, 0.6) is 0 Å². The molecule has 0 spiro atoms. The summed E-state index contributed by atoms with van der Waals surface area (Å²) in [6.07, 6.45) is 4.37. The van der Waals surface area contributed by atoms with E-state index in [1.165, 1.54) is 0 Å². The maximum absolute atomic E-state index is 11.8. The lowest BCUT2D eigenvalue weighted by atomic mass is 10.0. The van der Waals surface area contributed by atoms with E-state index >= 15 is 0 Å². The lowest BCUT2D eigenvalue weighted by molar-refractivity contribution is -0.149. The van der Waals surface area contributed by atoms with Crippen LogP contribution in [0.4, 0.5) is 0 Å². The van der Waals surface area contributed by atoms with Gasteiger partial charge in [0, 0.05) is 0 Å². The van der Waals surface area contributed by atoms with Crippen LogP contribution < -0.4 is 0 Å². The Balaban J connectivity index is 2.01. The Kier molecular flexibility index (Phi) is 3.82. The van der Waals surface area contributed by atoms with Crippen molar-refractivity contribution in [1.82, 2.24) is 0 Å². The third-order valence-corrected chi connectivity index (χ3v) is 3.15. The molecule has 18 heavy (non-hydrogen) atoms. The van der Waals surface area contributed by atoms with Crippen LogP contribution >= 0.6 is 0 Å². The van der Waals surface area contributed by atoms with Crippen LogP contribution in [0, 0.1) is 0 Å². The molecule has 3 nitrogen and oxygen atoms in total. The van der Waals surface area contributed by atoms with Gasteiger partial charge in [-0.3, -0.25) is 0 Å². The number of epoxide rings is 1. The highest BCUT2D eigenvalue weighted by molar-refractivity contribution is 5.84. The molecule has 0 aromatic heterocycles. The summed E-state index contributed by atoms with van der Waals surface area (Å²) in [7, 11) is 0. The van der Waals surface area contributed by atoms with Crippen molar-refractivity contribution < 1.29 is 14.3 Å². The van der Waals surface area contributed by atoms with Crippen molar-refractivity contribution in [2.24, 2.45) is 0 Å². The van der Waals surface area contributed by atoms with Crippen molar-refractivity contribution in [2.75, 3.05) is 6.61 Å². The number of hydrogen-bond donors (Lipinski definition) is 0. The van der Waals surface area contributed by atoms with Crippen molar-refractivity contribution >= 4 is 12.0 Å². The molecule has 1 fully saturated rings. The molecule has 0 aliphatic carbocycles. The number of carbonyl (C=O) groups is 1. The van der Waals surface area contributed by atoms with Gasteiger partial charge in [0.05, 0.1) is 6.61 Å². The van der Waals surface area contributed by atoms with Crippen molar-refractivity contribution in [3.05, 3.63) is 42.0 Å². The van der Waals surface area contributed by atoms with E-state index < -0.39 is 5.60 Å². The average Bonchev–Trinajstić information content (AvgIpc) is 3.13. The summed E-state index contributed by atoms with van der Waals surface area (Å²) in [5, 5.41) is 0. The topological polar surface area (TPSA) is 38.8 Å². The summed E-state index contributed by atoms with van der Waals surface area (Å²) in [6, 6.07) is 9.95. The molecule has 1 aromatic carbocycles. The van der Waals surface area contributed by atoms with Crippen LogP contribution in [0.25, 0.3) is 6.08 Å². The quantitative estimate of drug-likeness (QED) is 0.592. The molecule has 0 radical (unpaired) electrons. The van der Waals surface area contributed by atoms with Crippen molar-refractivity contribution in [3.63, 3.8) is 0 Å². The molecule has 2 unspecified atom stereocenters. The van der Waals surface area contributed by atoms with Crippen LogP contribution in [-0.4, -0.2) is 24.3 Å². The molecule has 1 aliphatic heterocycles. The first-order valence-corrected chi connectivity index (χ1v) is 6.31. The summed E-state index contributed by atoms with van der Waals surface area (Å²) in [5.41, 5.74) is 0.350. The molecule has 1 aliphatic rings. The highest BCUT2D eigenvalue weighted by atomic mass is 16.7. The Hall–Kier alpha value is -1.61. The molecular formula is C15H18O3. The lowest BCUT2D eigenvalue weighted by Crippen LogP contribution is -2.28. The van der Waals surface area contributed by atoms with Crippen LogP contribution in [0.2, 0.25) is 0 Å². The molecule has 1 heterocycles. The Morgan fingerprint density at radius 1 is 1.39 bits per heavy atom. The SMILES string of the molecule is CCOC(=O)C1(CC)OC1C=Cc1ccccc1. The molecule has 2 rings (SSSR count). The average molecular weight is 246 g/mol. The highest BCUT2D eigenvalue weighted by Crippen LogP contribution is 2.42. The van der Waals surface area contributed by atoms with Gasteiger partial charge in [-0.05, 0) is 18.9 Å². The van der Waals surface area contributed by atoms with Gasteiger partial charge >= 0.3 is 5.97 Å². The zero-order valence-corrected chi connectivity index (χ0v) is 10.8. The lowest BCUT2D eigenvalue weighted by Gasteiger charge is -2.07. The Labute approximate surface area is 107 Å². The highest BCUT2D eigenvalue weighted by Gasteiger charge is 2.61. The third kappa shape index (κ3) is 2.46. The van der Waals surface area contributed by atoms with E-state index in [0.29, 0.717) is 13.0 Å². The van der Waals surface area contributed by atoms with E-state index in [1.54, 1.807) is 6.92 Å². The second-order valence-electron chi connectivity index (χ2n) is 4.27.